The standard InChI is InChI=1S/C22H22N8O4S/c1-12(2)18(34-22(23)33)21(32)30-9-13(8-25-30)20-27-16(11-35-20)19(31)26-15-10-29(3)28-17(15)14-6-4-5-7-24-14/h4-12,18H,1-3H3,(H2,23,33)(H,26,31)/t18-/m0/s1. The van der Waals surface area contributed by atoms with E-state index in [2.05, 4.69) is 25.5 Å². The summed E-state index contributed by atoms with van der Waals surface area (Å²) in [5.74, 6) is -1.27. The highest BCUT2D eigenvalue weighted by molar-refractivity contribution is 7.13. The van der Waals surface area contributed by atoms with E-state index >= 15 is 0 Å². The van der Waals surface area contributed by atoms with Crippen molar-refractivity contribution >= 4 is 34.9 Å². The Balaban J connectivity index is 1.51. The number of thiazole rings is 1. The topological polar surface area (TPSA) is 160 Å². The Hall–Kier alpha value is -4.39. The minimum absolute atomic E-state index is 0.192. The van der Waals surface area contributed by atoms with Gasteiger partial charge >= 0.3 is 6.09 Å². The molecule has 0 saturated carbocycles. The van der Waals surface area contributed by atoms with Gasteiger partial charge in [-0.25, -0.2) is 14.5 Å². The molecule has 13 heteroatoms. The Morgan fingerprint density at radius 2 is 2.00 bits per heavy atom. The molecule has 0 spiro atoms. The fourth-order valence-electron chi connectivity index (χ4n) is 3.25. The molecule has 4 heterocycles. The molecule has 4 aromatic rings. The van der Waals surface area contributed by atoms with Crippen LogP contribution in [0.4, 0.5) is 10.5 Å². The molecule has 2 amide bonds. The molecule has 12 nitrogen and oxygen atoms in total. The normalized spacial score (nSPS) is 11.9. The second-order valence-corrected chi connectivity index (χ2v) is 8.74. The minimum Gasteiger partial charge on any atom is -0.436 e. The van der Waals surface area contributed by atoms with Gasteiger partial charge in [0, 0.05) is 36.6 Å². The first-order chi connectivity index (χ1) is 16.7. The van der Waals surface area contributed by atoms with E-state index < -0.39 is 24.0 Å². The molecule has 0 aliphatic rings. The van der Waals surface area contributed by atoms with E-state index in [1.165, 1.54) is 23.7 Å². The number of pyridine rings is 1. The van der Waals surface area contributed by atoms with Crippen molar-refractivity contribution in [1.29, 1.82) is 0 Å². The van der Waals surface area contributed by atoms with E-state index in [1.54, 1.807) is 55.5 Å². The first kappa shape index (κ1) is 23.8. The molecule has 0 bridgehead atoms. The molecule has 0 aromatic carbocycles. The van der Waals surface area contributed by atoms with Crippen LogP contribution < -0.4 is 11.1 Å². The van der Waals surface area contributed by atoms with Gasteiger partial charge in [0.15, 0.2) is 6.10 Å². The summed E-state index contributed by atoms with van der Waals surface area (Å²) >= 11 is 1.22. The van der Waals surface area contributed by atoms with Crippen molar-refractivity contribution in [2.45, 2.75) is 20.0 Å². The summed E-state index contributed by atoms with van der Waals surface area (Å²) in [7, 11) is 1.75. The molecule has 35 heavy (non-hydrogen) atoms. The van der Waals surface area contributed by atoms with Gasteiger partial charge in [-0.3, -0.25) is 19.3 Å². The highest BCUT2D eigenvalue weighted by Crippen LogP contribution is 2.27. The molecular weight excluding hydrogens is 472 g/mol. The molecule has 0 aliphatic carbocycles. The van der Waals surface area contributed by atoms with Gasteiger partial charge in [-0.15, -0.1) is 11.3 Å². The first-order valence-corrected chi connectivity index (χ1v) is 11.4. The van der Waals surface area contributed by atoms with E-state index in [0.29, 0.717) is 27.6 Å². The maximum atomic E-state index is 12.9. The van der Waals surface area contributed by atoms with Crippen molar-refractivity contribution in [3.63, 3.8) is 0 Å². The second kappa shape index (κ2) is 9.85. The van der Waals surface area contributed by atoms with E-state index in [-0.39, 0.29) is 11.6 Å². The van der Waals surface area contributed by atoms with Gasteiger partial charge in [0.1, 0.15) is 16.4 Å². The fourth-order valence-corrected chi connectivity index (χ4v) is 4.03. The summed E-state index contributed by atoms with van der Waals surface area (Å²) in [6.07, 6.45) is 4.12. The molecule has 180 valence electrons. The van der Waals surface area contributed by atoms with Gasteiger partial charge in [-0.05, 0) is 18.1 Å². The number of carbonyl (C=O) groups excluding carboxylic acids is 3. The predicted octanol–water partition coefficient (Wildman–Crippen LogP) is 2.81. The number of amides is 2. The van der Waals surface area contributed by atoms with Crippen LogP contribution in [0.15, 0.2) is 48.4 Å². The molecule has 0 unspecified atom stereocenters. The maximum Gasteiger partial charge on any atom is 0.405 e. The molecule has 0 radical (unpaired) electrons. The van der Waals surface area contributed by atoms with Crippen LogP contribution >= 0.6 is 11.3 Å². The quantitative estimate of drug-likeness (QED) is 0.396. The predicted molar refractivity (Wildman–Crippen MR) is 128 cm³/mol. The van der Waals surface area contributed by atoms with Crippen LogP contribution in [0, 0.1) is 5.92 Å². The Labute approximate surface area is 203 Å². The van der Waals surface area contributed by atoms with Crippen LogP contribution in [0.25, 0.3) is 22.0 Å². The van der Waals surface area contributed by atoms with Crippen LogP contribution in [0.1, 0.15) is 29.1 Å². The van der Waals surface area contributed by atoms with Crippen molar-refractivity contribution in [3.8, 4) is 22.0 Å². The molecule has 0 saturated heterocycles. The SMILES string of the molecule is CC(C)[C@H](OC(N)=O)C(=O)n1cc(-c2nc(C(=O)Nc3cn(C)nc3-c3ccccn3)cs2)cn1. The van der Waals surface area contributed by atoms with Crippen LogP contribution in [-0.2, 0) is 11.8 Å². The van der Waals surface area contributed by atoms with Crippen LogP contribution in [0.2, 0.25) is 0 Å². The van der Waals surface area contributed by atoms with Gasteiger partial charge < -0.3 is 15.8 Å². The number of rotatable bonds is 7. The number of hydrogen-bond donors (Lipinski definition) is 2. The lowest BCUT2D eigenvalue weighted by Gasteiger charge is -2.18. The number of nitrogens with one attached hydrogen (secondary N) is 1. The number of carbonyl (C=O) groups is 3. The maximum absolute atomic E-state index is 12.9. The van der Waals surface area contributed by atoms with Crippen molar-refractivity contribution in [2.24, 2.45) is 18.7 Å². The number of ether oxygens (including phenoxy) is 1. The first-order valence-electron chi connectivity index (χ1n) is 10.5. The second-order valence-electron chi connectivity index (χ2n) is 7.89. The zero-order valence-corrected chi connectivity index (χ0v) is 19.9. The van der Waals surface area contributed by atoms with Crippen LogP contribution in [-0.4, -0.2) is 53.5 Å². The Bertz CT molecular complexity index is 1380. The average Bonchev–Trinajstić information content (AvgIpc) is 3.57. The number of aromatic nitrogens is 6. The lowest BCUT2D eigenvalue weighted by atomic mass is 10.1. The summed E-state index contributed by atoms with van der Waals surface area (Å²) in [5, 5.41) is 13.4. The third kappa shape index (κ3) is 5.24. The fraction of sp³-hybridized carbons (Fsp3) is 0.227. The van der Waals surface area contributed by atoms with Gasteiger partial charge in [0.05, 0.1) is 17.6 Å². The molecule has 0 fully saturated rings. The van der Waals surface area contributed by atoms with Crippen LogP contribution in [0.5, 0.6) is 0 Å². The zero-order valence-electron chi connectivity index (χ0n) is 19.1. The number of nitrogens with two attached hydrogens (primary N) is 1. The number of nitrogens with zero attached hydrogens (tertiary/aromatic N) is 6. The van der Waals surface area contributed by atoms with Gasteiger partial charge in [0.2, 0.25) is 0 Å². The molecule has 4 aromatic heterocycles. The smallest absolute Gasteiger partial charge is 0.405 e. The Morgan fingerprint density at radius 1 is 1.20 bits per heavy atom. The molecule has 4 rings (SSSR count). The number of primary amides is 1. The number of anilines is 1. The molecule has 0 aliphatic heterocycles. The lowest BCUT2D eigenvalue weighted by molar-refractivity contribution is 0.0439. The summed E-state index contributed by atoms with van der Waals surface area (Å²) in [6.45, 7) is 3.45. The third-order valence-corrected chi connectivity index (χ3v) is 5.76. The largest absolute Gasteiger partial charge is 0.436 e. The van der Waals surface area contributed by atoms with Gasteiger partial charge in [0.25, 0.3) is 11.8 Å². The van der Waals surface area contributed by atoms with E-state index in [9.17, 15) is 14.4 Å². The van der Waals surface area contributed by atoms with Crippen LogP contribution in [0.3, 0.4) is 0 Å². The monoisotopic (exact) mass is 494 g/mol. The third-order valence-electron chi connectivity index (χ3n) is 4.87. The lowest BCUT2D eigenvalue weighted by Crippen LogP contribution is -2.37. The molecule has 3 N–H and O–H groups in total. The van der Waals surface area contributed by atoms with Crippen molar-refractivity contribution in [3.05, 3.63) is 54.1 Å². The van der Waals surface area contributed by atoms with Gasteiger partial charge in [-0.2, -0.15) is 10.2 Å². The van der Waals surface area contributed by atoms with Crippen molar-refractivity contribution < 1.29 is 19.1 Å². The summed E-state index contributed by atoms with van der Waals surface area (Å²) < 4.78 is 7.59. The highest BCUT2D eigenvalue weighted by atomic mass is 32.1. The van der Waals surface area contributed by atoms with E-state index in [0.717, 1.165) is 4.68 Å². The van der Waals surface area contributed by atoms with Crippen molar-refractivity contribution in [2.75, 3.05) is 5.32 Å². The minimum atomic E-state index is -1.08. The molecular formula is C22H22N8O4S. The summed E-state index contributed by atoms with van der Waals surface area (Å²) in [4.78, 5) is 45.4. The van der Waals surface area contributed by atoms with E-state index in [4.69, 9.17) is 10.5 Å². The Morgan fingerprint density at radius 3 is 2.69 bits per heavy atom. The highest BCUT2D eigenvalue weighted by Gasteiger charge is 2.28. The number of hydrogen-bond acceptors (Lipinski definition) is 9. The number of aryl methyl sites for hydroxylation is 1. The van der Waals surface area contributed by atoms with Crippen molar-refractivity contribution in [1.82, 2.24) is 29.5 Å². The zero-order chi connectivity index (χ0) is 25.1. The summed E-state index contributed by atoms with van der Waals surface area (Å²) in [5.41, 5.74) is 7.45. The van der Waals surface area contributed by atoms with Gasteiger partial charge in [-0.1, -0.05) is 19.9 Å². The molecule has 1 atom stereocenters. The van der Waals surface area contributed by atoms with E-state index in [1.807, 2.05) is 6.07 Å². The average molecular weight is 495 g/mol. The Kier molecular flexibility index (Phi) is 6.68. The summed E-state index contributed by atoms with van der Waals surface area (Å²) in [6, 6.07) is 5.44.